The zero-order valence-electron chi connectivity index (χ0n) is 18.4. The molecule has 33 heavy (non-hydrogen) atoms. The van der Waals surface area contributed by atoms with E-state index in [4.69, 9.17) is 12.2 Å². The van der Waals surface area contributed by atoms with Crippen LogP contribution in [0.15, 0.2) is 79.3 Å². The Bertz CT molecular complexity index is 1290. The fraction of sp³-hybridized carbons (Fsp3) is 0.192. The van der Waals surface area contributed by atoms with E-state index in [1.165, 1.54) is 6.07 Å². The summed E-state index contributed by atoms with van der Waals surface area (Å²) in [7, 11) is 0. The molecule has 166 valence electrons. The first-order valence-corrected chi connectivity index (χ1v) is 11.3. The summed E-state index contributed by atoms with van der Waals surface area (Å²) in [5.74, 6) is -0.254. The van der Waals surface area contributed by atoms with Crippen LogP contribution in [-0.4, -0.2) is 24.5 Å². The Morgan fingerprint density at radius 3 is 2.55 bits per heavy atom. The summed E-state index contributed by atoms with van der Waals surface area (Å²) in [5.41, 5.74) is 6.08. The van der Waals surface area contributed by atoms with Crippen LogP contribution in [0.3, 0.4) is 0 Å². The highest BCUT2D eigenvalue weighted by molar-refractivity contribution is 7.80. The highest BCUT2D eigenvalue weighted by Crippen LogP contribution is 2.42. The van der Waals surface area contributed by atoms with Crippen LogP contribution in [-0.2, 0) is 6.54 Å². The lowest BCUT2D eigenvalue weighted by Gasteiger charge is -2.28. The third kappa shape index (κ3) is 4.00. The van der Waals surface area contributed by atoms with Crippen molar-refractivity contribution in [1.82, 2.24) is 24.8 Å². The highest BCUT2D eigenvalue weighted by Gasteiger charge is 2.41. The van der Waals surface area contributed by atoms with E-state index in [1.807, 2.05) is 43.3 Å². The minimum absolute atomic E-state index is 0.0749. The maximum absolute atomic E-state index is 14.0. The summed E-state index contributed by atoms with van der Waals surface area (Å²) in [6.45, 7) is 4.77. The van der Waals surface area contributed by atoms with Crippen LogP contribution in [0.4, 0.5) is 4.39 Å². The number of hydrogen-bond acceptors (Lipinski definition) is 3. The van der Waals surface area contributed by atoms with Crippen LogP contribution in [0, 0.1) is 19.7 Å². The number of benzene rings is 1. The molecule has 7 heteroatoms. The van der Waals surface area contributed by atoms with Crippen molar-refractivity contribution >= 4 is 17.3 Å². The molecule has 4 aromatic rings. The van der Waals surface area contributed by atoms with Crippen molar-refractivity contribution in [2.75, 3.05) is 0 Å². The number of halogens is 1. The van der Waals surface area contributed by atoms with Gasteiger partial charge in [0.25, 0.3) is 0 Å². The van der Waals surface area contributed by atoms with Crippen molar-refractivity contribution in [2.24, 2.45) is 0 Å². The first-order valence-electron chi connectivity index (χ1n) is 10.8. The van der Waals surface area contributed by atoms with Gasteiger partial charge in [-0.15, -0.1) is 0 Å². The molecule has 5 rings (SSSR count). The summed E-state index contributed by atoms with van der Waals surface area (Å²) in [6.07, 6.45) is 5.39. The van der Waals surface area contributed by atoms with Crippen molar-refractivity contribution in [1.29, 1.82) is 0 Å². The van der Waals surface area contributed by atoms with Gasteiger partial charge in [0.1, 0.15) is 5.82 Å². The minimum Gasteiger partial charge on any atom is -0.352 e. The van der Waals surface area contributed by atoms with Gasteiger partial charge in [-0.3, -0.25) is 9.97 Å². The molecule has 5 nitrogen and oxygen atoms in total. The molecule has 0 aliphatic carbocycles. The summed E-state index contributed by atoms with van der Waals surface area (Å²) in [5, 5.41) is 4.19. The van der Waals surface area contributed by atoms with Crippen molar-refractivity contribution in [3.05, 3.63) is 113 Å². The van der Waals surface area contributed by atoms with E-state index in [2.05, 4.69) is 37.7 Å². The van der Waals surface area contributed by atoms with E-state index in [0.29, 0.717) is 11.7 Å². The number of aromatic nitrogens is 3. The summed E-state index contributed by atoms with van der Waals surface area (Å²) < 4.78 is 16.1. The Labute approximate surface area is 197 Å². The number of pyridine rings is 2. The van der Waals surface area contributed by atoms with E-state index in [0.717, 1.165) is 33.9 Å². The second-order valence-electron chi connectivity index (χ2n) is 8.25. The molecule has 1 aromatic carbocycles. The van der Waals surface area contributed by atoms with Crippen LogP contribution in [0.2, 0.25) is 0 Å². The number of nitrogens with zero attached hydrogens (tertiary/aromatic N) is 4. The second kappa shape index (κ2) is 8.75. The number of nitrogens with one attached hydrogen (secondary N) is 1. The van der Waals surface area contributed by atoms with Gasteiger partial charge in [-0.05, 0) is 85.7 Å². The fourth-order valence-corrected chi connectivity index (χ4v) is 5.00. The normalized spacial score (nSPS) is 17.9. The van der Waals surface area contributed by atoms with Crippen LogP contribution in [0.5, 0.6) is 0 Å². The number of rotatable bonds is 5. The number of thiocarbonyl (C=S) groups is 1. The van der Waals surface area contributed by atoms with Gasteiger partial charge >= 0.3 is 0 Å². The standard InChI is InChI=1S/C26H24FN5S/c1-17-14-22(18(2)32(17)21-7-5-6-20(27)15-21)25-24(23-8-3-4-11-29-23)30-26(33)31(25)16-19-9-12-28-13-10-19/h3-15,24-25H,16H2,1-2H3,(H,30,33)/t24-,25-/m0/s1. The smallest absolute Gasteiger partial charge is 0.170 e. The van der Waals surface area contributed by atoms with Gasteiger partial charge in [0.15, 0.2) is 5.11 Å². The maximum atomic E-state index is 14.0. The molecule has 1 aliphatic heterocycles. The Kier molecular flexibility index (Phi) is 5.64. The van der Waals surface area contributed by atoms with Crippen molar-refractivity contribution in [3.8, 4) is 5.69 Å². The third-order valence-corrected chi connectivity index (χ3v) is 6.51. The molecule has 1 aliphatic rings. The first kappa shape index (κ1) is 21.3. The number of aryl methyl sites for hydroxylation is 1. The molecule has 0 bridgehead atoms. The molecule has 3 aromatic heterocycles. The van der Waals surface area contributed by atoms with Crippen LogP contribution < -0.4 is 5.32 Å². The quantitative estimate of drug-likeness (QED) is 0.418. The fourth-order valence-electron chi connectivity index (χ4n) is 4.70. The van der Waals surface area contributed by atoms with Crippen LogP contribution >= 0.6 is 12.2 Å². The van der Waals surface area contributed by atoms with E-state index >= 15 is 0 Å². The molecule has 1 N–H and O–H groups in total. The molecular weight excluding hydrogens is 433 g/mol. The first-order chi connectivity index (χ1) is 16.0. The van der Waals surface area contributed by atoms with Gasteiger partial charge < -0.3 is 14.8 Å². The molecular formula is C26H24FN5S. The predicted octanol–water partition coefficient (Wildman–Crippen LogP) is 5.20. The molecule has 0 saturated carbocycles. The van der Waals surface area contributed by atoms with Gasteiger partial charge in [0.05, 0.1) is 17.8 Å². The van der Waals surface area contributed by atoms with Crippen molar-refractivity contribution < 1.29 is 4.39 Å². The molecule has 0 radical (unpaired) electrons. The topological polar surface area (TPSA) is 46.0 Å². The lowest BCUT2D eigenvalue weighted by molar-refractivity contribution is 0.310. The third-order valence-electron chi connectivity index (χ3n) is 6.16. The average molecular weight is 458 g/mol. The Morgan fingerprint density at radius 1 is 1.00 bits per heavy atom. The molecule has 0 unspecified atom stereocenters. The summed E-state index contributed by atoms with van der Waals surface area (Å²) in [6, 6.07) is 18.6. The van der Waals surface area contributed by atoms with Gasteiger partial charge in [-0.1, -0.05) is 12.1 Å². The van der Waals surface area contributed by atoms with E-state index < -0.39 is 0 Å². The van der Waals surface area contributed by atoms with E-state index in [1.54, 1.807) is 30.7 Å². The number of hydrogen-bond donors (Lipinski definition) is 1. The minimum atomic E-state index is -0.254. The largest absolute Gasteiger partial charge is 0.352 e. The predicted molar refractivity (Wildman–Crippen MR) is 130 cm³/mol. The highest BCUT2D eigenvalue weighted by atomic mass is 32.1. The van der Waals surface area contributed by atoms with Gasteiger partial charge in [-0.25, -0.2) is 4.39 Å². The molecule has 2 atom stereocenters. The Hall–Kier alpha value is -3.58. The van der Waals surface area contributed by atoms with Crippen LogP contribution in [0.1, 0.15) is 40.3 Å². The molecule has 0 amide bonds. The zero-order valence-corrected chi connectivity index (χ0v) is 19.3. The molecule has 0 spiro atoms. The Balaban J connectivity index is 1.62. The van der Waals surface area contributed by atoms with Gasteiger partial charge in [-0.2, -0.15) is 0 Å². The maximum Gasteiger partial charge on any atom is 0.170 e. The van der Waals surface area contributed by atoms with E-state index in [-0.39, 0.29) is 17.9 Å². The monoisotopic (exact) mass is 457 g/mol. The Morgan fingerprint density at radius 2 is 1.82 bits per heavy atom. The van der Waals surface area contributed by atoms with E-state index in [9.17, 15) is 4.39 Å². The molecule has 1 saturated heterocycles. The van der Waals surface area contributed by atoms with Crippen LogP contribution in [0.25, 0.3) is 5.69 Å². The second-order valence-corrected chi connectivity index (χ2v) is 8.64. The average Bonchev–Trinajstić information content (AvgIpc) is 3.30. The van der Waals surface area contributed by atoms with Gasteiger partial charge in [0.2, 0.25) is 0 Å². The van der Waals surface area contributed by atoms with Crippen molar-refractivity contribution in [3.63, 3.8) is 0 Å². The summed E-state index contributed by atoms with van der Waals surface area (Å²) >= 11 is 5.80. The molecule has 1 fully saturated rings. The molecule has 4 heterocycles. The zero-order chi connectivity index (χ0) is 22.9. The summed E-state index contributed by atoms with van der Waals surface area (Å²) in [4.78, 5) is 11.0. The van der Waals surface area contributed by atoms with Crippen molar-refractivity contribution in [2.45, 2.75) is 32.5 Å². The van der Waals surface area contributed by atoms with Gasteiger partial charge in [0, 0.05) is 42.2 Å². The lowest BCUT2D eigenvalue weighted by Crippen LogP contribution is -2.29. The SMILES string of the molecule is Cc1cc([C@H]2[C@H](c3ccccn3)NC(=S)N2Cc2ccncc2)c(C)n1-c1cccc(F)c1. The lowest BCUT2D eigenvalue weighted by atomic mass is 9.96.